The SMILES string of the molecule is C=CCCCOC(=O)[C@H]1[C@@H]2SC3(CC2Br)C(C(=O)N(CC=C)C(C)(C)CC(C)(C)C)N([C@H](C)CO)C(=O)[C@H]13. The third-order valence-electron chi connectivity index (χ3n) is 8.04. The summed E-state index contributed by atoms with van der Waals surface area (Å²) in [5, 5.41) is 9.98. The van der Waals surface area contributed by atoms with Crippen LogP contribution in [0.2, 0.25) is 0 Å². The molecule has 0 aromatic heterocycles. The Morgan fingerprint density at radius 1 is 1.29 bits per heavy atom. The van der Waals surface area contributed by atoms with Crippen molar-refractivity contribution >= 4 is 45.5 Å². The smallest absolute Gasteiger partial charge is 0.310 e. The predicted molar refractivity (Wildman–Crippen MR) is 156 cm³/mol. The van der Waals surface area contributed by atoms with E-state index in [0.29, 0.717) is 19.4 Å². The Bertz CT molecular complexity index is 950. The number of halogens is 1. The number of fused-ring (bicyclic) bond motifs is 1. The third kappa shape index (κ3) is 5.62. The number of aliphatic hydroxyl groups excluding tert-OH is 1. The monoisotopic (exact) mass is 612 g/mol. The van der Waals surface area contributed by atoms with Crippen LogP contribution in [0.3, 0.4) is 0 Å². The summed E-state index contributed by atoms with van der Waals surface area (Å²) < 4.78 is 4.87. The lowest BCUT2D eigenvalue weighted by atomic mass is 9.70. The van der Waals surface area contributed by atoms with Crippen molar-refractivity contribution in [3.8, 4) is 0 Å². The molecular formula is C29H45BrN2O5S. The summed E-state index contributed by atoms with van der Waals surface area (Å²) >= 11 is 5.37. The van der Waals surface area contributed by atoms with Gasteiger partial charge >= 0.3 is 5.97 Å². The van der Waals surface area contributed by atoms with Gasteiger partial charge in [0.05, 0.1) is 35.8 Å². The Hall–Kier alpha value is -1.32. The highest BCUT2D eigenvalue weighted by Crippen LogP contribution is 2.68. The Morgan fingerprint density at radius 2 is 1.95 bits per heavy atom. The number of carbonyl (C=O) groups excluding carboxylic acids is 3. The van der Waals surface area contributed by atoms with Crippen molar-refractivity contribution in [2.24, 2.45) is 17.3 Å². The maximum Gasteiger partial charge on any atom is 0.310 e. The first-order valence-corrected chi connectivity index (χ1v) is 15.4. The lowest BCUT2D eigenvalue weighted by Crippen LogP contribution is -2.61. The number of ether oxygens (including phenoxy) is 1. The van der Waals surface area contributed by atoms with Gasteiger partial charge in [-0.05, 0) is 51.9 Å². The first kappa shape index (κ1) is 31.2. The number of alkyl halides is 1. The highest BCUT2D eigenvalue weighted by atomic mass is 79.9. The van der Waals surface area contributed by atoms with E-state index in [9.17, 15) is 19.5 Å². The van der Waals surface area contributed by atoms with Crippen molar-refractivity contribution in [2.75, 3.05) is 19.8 Å². The summed E-state index contributed by atoms with van der Waals surface area (Å²) in [5.74, 6) is -2.08. The van der Waals surface area contributed by atoms with Crippen LogP contribution in [-0.4, -0.2) is 84.9 Å². The van der Waals surface area contributed by atoms with Crippen LogP contribution in [0.4, 0.5) is 0 Å². The highest BCUT2D eigenvalue weighted by molar-refractivity contribution is 9.09. The van der Waals surface area contributed by atoms with Gasteiger partial charge in [0.2, 0.25) is 11.8 Å². The molecule has 7 atom stereocenters. The van der Waals surface area contributed by atoms with Crippen LogP contribution in [0.25, 0.3) is 0 Å². The van der Waals surface area contributed by atoms with E-state index >= 15 is 0 Å². The number of rotatable bonds is 12. The van der Waals surface area contributed by atoms with Crippen molar-refractivity contribution in [1.82, 2.24) is 9.80 Å². The molecule has 3 aliphatic heterocycles. The standard InChI is InChI=1S/C29H45BrN2O5S/c1-9-11-12-14-37-26(36)20-21-24(34)32(18(3)16-33)23(29(21)15-19(30)22(20)38-29)25(35)31(13-10-2)28(7,8)17-27(4,5)6/h9-10,18-23,33H,1-2,11-17H2,3-8H3/t18-,19?,20-,21+,22-,23?,29?/m1/s1. The molecular weight excluding hydrogens is 568 g/mol. The molecule has 1 N–H and O–H groups in total. The zero-order chi connectivity index (χ0) is 28.6. The second-order valence-electron chi connectivity index (χ2n) is 12.8. The number of hydrogen-bond donors (Lipinski definition) is 1. The van der Waals surface area contributed by atoms with Gasteiger partial charge in [-0.25, -0.2) is 0 Å². The van der Waals surface area contributed by atoms with Gasteiger partial charge in [0.25, 0.3) is 0 Å². The molecule has 214 valence electrons. The van der Waals surface area contributed by atoms with E-state index in [1.54, 1.807) is 35.7 Å². The predicted octanol–water partition coefficient (Wildman–Crippen LogP) is 4.57. The first-order valence-electron chi connectivity index (χ1n) is 13.6. The van der Waals surface area contributed by atoms with Gasteiger partial charge in [-0.2, -0.15) is 0 Å². The van der Waals surface area contributed by atoms with Crippen molar-refractivity contribution in [1.29, 1.82) is 0 Å². The molecule has 3 rings (SSSR count). The van der Waals surface area contributed by atoms with Crippen LogP contribution >= 0.6 is 27.7 Å². The second kappa shape index (κ2) is 11.7. The number of carbonyl (C=O) groups is 3. The molecule has 0 aromatic rings. The minimum atomic E-state index is -0.796. The van der Waals surface area contributed by atoms with Crippen LogP contribution in [0.1, 0.15) is 67.2 Å². The van der Waals surface area contributed by atoms with Crippen LogP contribution < -0.4 is 0 Å². The van der Waals surface area contributed by atoms with E-state index in [2.05, 4.69) is 63.7 Å². The van der Waals surface area contributed by atoms with Crippen molar-refractivity contribution in [3.05, 3.63) is 25.3 Å². The lowest BCUT2D eigenvalue weighted by Gasteiger charge is -2.46. The number of allylic oxidation sites excluding steroid dienone is 1. The van der Waals surface area contributed by atoms with Gasteiger partial charge in [-0.3, -0.25) is 14.4 Å². The van der Waals surface area contributed by atoms with Crippen molar-refractivity contribution in [3.63, 3.8) is 0 Å². The van der Waals surface area contributed by atoms with Crippen molar-refractivity contribution in [2.45, 2.75) is 99.7 Å². The first-order chi connectivity index (χ1) is 17.7. The second-order valence-corrected chi connectivity index (χ2v) is 15.5. The topological polar surface area (TPSA) is 87.2 Å². The number of aliphatic hydroxyl groups is 1. The van der Waals surface area contributed by atoms with E-state index in [-0.39, 0.29) is 46.5 Å². The fourth-order valence-corrected chi connectivity index (χ4v) is 10.6. The molecule has 0 radical (unpaired) electrons. The minimum absolute atomic E-state index is 0.0302. The summed E-state index contributed by atoms with van der Waals surface area (Å²) in [7, 11) is 0. The molecule has 3 heterocycles. The lowest BCUT2D eigenvalue weighted by molar-refractivity contribution is -0.154. The number of esters is 1. The highest BCUT2D eigenvalue weighted by Gasteiger charge is 2.76. The summed E-state index contributed by atoms with van der Waals surface area (Å²) in [5.41, 5.74) is -0.538. The van der Waals surface area contributed by atoms with Crippen LogP contribution in [0.15, 0.2) is 25.3 Å². The molecule has 0 aliphatic carbocycles. The zero-order valence-corrected chi connectivity index (χ0v) is 26.1. The van der Waals surface area contributed by atoms with Gasteiger partial charge in [-0.1, -0.05) is 48.9 Å². The van der Waals surface area contributed by atoms with Crippen LogP contribution in [0.5, 0.6) is 0 Å². The summed E-state index contributed by atoms with van der Waals surface area (Å²) in [6.07, 6.45) is 6.27. The van der Waals surface area contributed by atoms with Gasteiger partial charge in [0.15, 0.2) is 0 Å². The Kier molecular flexibility index (Phi) is 9.57. The molecule has 0 saturated carbocycles. The third-order valence-corrected chi connectivity index (χ3v) is 11.3. The van der Waals surface area contributed by atoms with Gasteiger partial charge in [0, 0.05) is 22.2 Å². The summed E-state index contributed by atoms with van der Waals surface area (Å²) in [6.45, 7) is 20.3. The Morgan fingerprint density at radius 3 is 2.50 bits per heavy atom. The van der Waals surface area contributed by atoms with E-state index in [1.807, 2.05) is 4.90 Å². The van der Waals surface area contributed by atoms with E-state index in [1.165, 1.54) is 0 Å². The normalized spacial score (nSPS) is 31.2. The molecule has 0 aromatic carbocycles. The quantitative estimate of drug-likeness (QED) is 0.150. The number of nitrogens with zero attached hydrogens (tertiary/aromatic N) is 2. The Balaban J connectivity index is 2.05. The molecule has 2 bridgehead atoms. The fraction of sp³-hybridized carbons (Fsp3) is 0.759. The molecule has 3 unspecified atom stereocenters. The van der Waals surface area contributed by atoms with Crippen LogP contribution in [-0.2, 0) is 19.1 Å². The zero-order valence-electron chi connectivity index (χ0n) is 23.7. The van der Waals surface area contributed by atoms with E-state index < -0.39 is 34.2 Å². The molecule has 9 heteroatoms. The summed E-state index contributed by atoms with van der Waals surface area (Å²) in [4.78, 5) is 45.5. The van der Waals surface area contributed by atoms with Crippen molar-refractivity contribution < 1.29 is 24.2 Å². The average molecular weight is 614 g/mol. The largest absolute Gasteiger partial charge is 0.465 e. The molecule has 38 heavy (non-hydrogen) atoms. The number of likely N-dealkylation sites (tertiary alicyclic amines) is 1. The van der Waals surface area contributed by atoms with Gasteiger partial charge in [0.1, 0.15) is 6.04 Å². The fourth-order valence-electron chi connectivity index (χ4n) is 6.98. The maximum atomic E-state index is 14.6. The van der Waals surface area contributed by atoms with E-state index in [4.69, 9.17) is 4.74 Å². The van der Waals surface area contributed by atoms with Gasteiger partial charge in [-0.15, -0.1) is 24.9 Å². The molecule has 3 fully saturated rings. The maximum absolute atomic E-state index is 14.6. The minimum Gasteiger partial charge on any atom is -0.465 e. The number of thioether (sulfide) groups is 1. The molecule has 2 amide bonds. The summed E-state index contributed by atoms with van der Waals surface area (Å²) in [6, 6.07) is -1.36. The Labute approximate surface area is 240 Å². The number of amides is 2. The van der Waals surface area contributed by atoms with E-state index in [0.717, 1.165) is 12.8 Å². The molecule has 7 nitrogen and oxygen atoms in total. The number of hydrogen-bond acceptors (Lipinski definition) is 6. The average Bonchev–Trinajstić information content (AvgIpc) is 3.41. The number of unbranched alkanes of at least 4 members (excludes halogenated alkanes) is 1. The molecule has 3 aliphatic rings. The molecule has 1 spiro atoms. The molecule has 3 saturated heterocycles. The van der Waals surface area contributed by atoms with Crippen LogP contribution in [0, 0.1) is 17.3 Å². The van der Waals surface area contributed by atoms with Gasteiger partial charge < -0.3 is 19.6 Å².